The molecule has 0 spiro atoms. The number of likely N-dealkylation sites (N-methyl/N-ethyl adjacent to an activating group) is 1. The van der Waals surface area contributed by atoms with E-state index in [2.05, 4.69) is 18.9 Å². The first-order chi connectivity index (χ1) is 10.5. The van der Waals surface area contributed by atoms with Gasteiger partial charge in [0.15, 0.2) is 0 Å². The summed E-state index contributed by atoms with van der Waals surface area (Å²) in [6, 6.07) is 5.79. The topological polar surface area (TPSA) is 42.0 Å². The van der Waals surface area contributed by atoms with Gasteiger partial charge in [0.2, 0.25) is 5.91 Å². The summed E-state index contributed by atoms with van der Waals surface area (Å²) in [6.45, 7) is 4.67. The maximum atomic E-state index is 12.4. The first-order valence-electron chi connectivity index (χ1n) is 7.43. The van der Waals surface area contributed by atoms with Crippen molar-refractivity contribution in [3.05, 3.63) is 29.8 Å². The molecule has 0 aliphatic carbocycles. The van der Waals surface area contributed by atoms with Crippen LogP contribution >= 0.6 is 0 Å². The third-order valence-corrected chi connectivity index (χ3v) is 3.91. The Balaban J connectivity index is 2.09. The quantitative estimate of drug-likeness (QED) is 0.797. The van der Waals surface area contributed by atoms with Crippen molar-refractivity contribution in [1.29, 1.82) is 0 Å². The first-order valence-corrected chi connectivity index (χ1v) is 7.43. The van der Waals surface area contributed by atoms with E-state index in [1.54, 1.807) is 26.4 Å². The molecule has 0 aromatic heterocycles. The number of methoxy groups -OCH3 is 2. The third kappa shape index (κ3) is 4.01. The molecule has 1 aliphatic heterocycles. The van der Waals surface area contributed by atoms with Crippen LogP contribution in [0.3, 0.4) is 0 Å². The molecule has 5 nitrogen and oxygen atoms in total. The van der Waals surface area contributed by atoms with Crippen LogP contribution < -0.4 is 9.47 Å². The number of carbonyl (C=O) groups is 1. The highest BCUT2D eigenvalue weighted by Gasteiger charge is 2.23. The van der Waals surface area contributed by atoms with Gasteiger partial charge in [-0.25, -0.2) is 0 Å². The second kappa shape index (κ2) is 7.31. The minimum atomic E-state index is 0.0439. The van der Waals surface area contributed by atoms with E-state index >= 15 is 0 Å². The Bertz CT molecular complexity index is 535. The van der Waals surface area contributed by atoms with E-state index in [1.165, 1.54) is 0 Å². The lowest BCUT2D eigenvalue weighted by molar-refractivity contribution is -0.130. The third-order valence-electron chi connectivity index (χ3n) is 3.91. The molecule has 1 unspecified atom stereocenters. The highest BCUT2D eigenvalue weighted by molar-refractivity contribution is 5.92. The molecule has 0 bridgehead atoms. The fourth-order valence-electron chi connectivity index (χ4n) is 2.66. The number of nitrogens with zero attached hydrogens (tertiary/aromatic N) is 2. The number of piperazine rings is 1. The molecule has 1 aromatic carbocycles. The van der Waals surface area contributed by atoms with Crippen molar-refractivity contribution in [3.8, 4) is 11.5 Å². The fraction of sp³-hybridized carbons (Fsp3) is 0.471. The van der Waals surface area contributed by atoms with E-state index in [1.807, 2.05) is 23.1 Å². The molecule has 22 heavy (non-hydrogen) atoms. The summed E-state index contributed by atoms with van der Waals surface area (Å²) in [5, 5.41) is 0. The summed E-state index contributed by atoms with van der Waals surface area (Å²) < 4.78 is 10.5. The van der Waals surface area contributed by atoms with Crippen LogP contribution in [0.4, 0.5) is 0 Å². The summed E-state index contributed by atoms with van der Waals surface area (Å²) in [4.78, 5) is 16.5. The normalized spacial score (nSPS) is 19.5. The van der Waals surface area contributed by atoms with Crippen molar-refractivity contribution in [3.63, 3.8) is 0 Å². The average Bonchev–Trinajstić information content (AvgIpc) is 2.52. The Hall–Kier alpha value is -2.01. The molecule has 1 atom stereocenters. The maximum absolute atomic E-state index is 12.4. The number of hydrogen-bond donors (Lipinski definition) is 0. The lowest BCUT2D eigenvalue weighted by atomic mass is 10.1. The molecule has 0 N–H and O–H groups in total. The predicted molar refractivity (Wildman–Crippen MR) is 87.3 cm³/mol. The van der Waals surface area contributed by atoms with Crippen LogP contribution in [0.25, 0.3) is 6.08 Å². The maximum Gasteiger partial charge on any atom is 0.246 e. The van der Waals surface area contributed by atoms with Gasteiger partial charge in [-0.3, -0.25) is 4.79 Å². The van der Waals surface area contributed by atoms with Crippen LogP contribution in [0.2, 0.25) is 0 Å². The molecule has 0 radical (unpaired) electrons. The summed E-state index contributed by atoms with van der Waals surface area (Å²) in [5.74, 6) is 1.46. The van der Waals surface area contributed by atoms with Gasteiger partial charge < -0.3 is 19.3 Å². The van der Waals surface area contributed by atoms with E-state index in [4.69, 9.17) is 9.47 Å². The average molecular weight is 304 g/mol. The molecule has 1 fully saturated rings. The van der Waals surface area contributed by atoms with E-state index in [-0.39, 0.29) is 11.9 Å². The Morgan fingerprint density at radius 2 is 1.82 bits per heavy atom. The SMILES string of the molecule is COc1cc(/C=C/C(=O)N2CCN(C)CC2C)cc(OC)c1. The summed E-state index contributed by atoms with van der Waals surface area (Å²) in [5.41, 5.74) is 0.881. The van der Waals surface area contributed by atoms with E-state index in [9.17, 15) is 4.79 Å². The molecule has 5 heteroatoms. The van der Waals surface area contributed by atoms with Gasteiger partial charge >= 0.3 is 0 Å². The predicted octanol–water partition coefficient (Wildman–Crippen LogP) is 1.88. The molecule has 1 aliphatic rings. The van der Waals surface area contributed by atoms with Gasteiger partial charge in [0.05, 0.1) is 14.2 Å². The number of rotatable bonds is 4. The molecule has 120 valence electrons. The minimum Gasteiger partial charge on any atom is -0.497 e. The highest BCUT2D eigenvalue weighted by atomic mass is 16.5. The highest BCUT2D eigenvalue weighted by Crippen LogP contribution is 2.23. The zero-order valence-electron chi connectivity index (χ0n) is 13.7. The molecule has 1 saturated heterocycles. The second-order valence-corrected chi connectivity index (χ2v) is 5.62. The number of benzene rings is 1. The lowest BCUT2D eigenvalue weighted by Gasteiger charge is -2.37. The van der Waals surface area contributed by atoms with Crippen LogP contribution in [0.5, 0.6) is 11.5 Å². The van der Waals surface area contributed by atoms with Crippen molar-refractivity contribution < 1.29 is 14.3 Å². The molecule has 1 amide bonds. The fourth-order valence-corrected chi connectivity index (χ4v) is 2.66. The monoisotopic (exact) mass is 304 g/mol. The lowest BCUT2D eigenvalue weighted by Crippen LogP contribution is -2.52. The van der Waals surface area contributed by atoms with Crippen LogP contribution in [-0.2, 0) is 4.79 Å². The largest absolute Gasteiger partial charge is 0.497 e. The Kier molecular flexibility index (Phi) is 5.44. The van der Waals surface area contributed by atoms with Crippen molar-refractivity contribution in [2.75, 3.05) is 40.9 Å². The van der Waals surface area contributed by atoms with Gasteiger partial charge in [-0.1, -0.05) is 0 Å². The van der Waals surface area contributed by atoms with Crippen molar-refractivity contribution in [1.82, 2.24) is 9.80 Å². The van der Waals surface area contributed by atoms with Gasteiger partial charge in [0.25, 0.3) is 0 Å². The Morgan fingerprint density at radius 1 is 1.18 bits per heavy atom. The van der Waals surface area contributed by atoms with Crippen LogP contribution in [0, 0.1) is 0 Å². The summed E-state index contributed by atoms with van der Waals surface area (Å²) in [6.07, 6.45) is 3.43. The molecule has 0 saturated carbocycles. The van der Waals surface area contributed by atoms with E-state index in [0.29, 0.717) is 11.5 Å². The van der Waals surface area contributed by atoms with Gasteiger partial charge in [-0.2, -0.15) is 0 Å². The Morgan fingerprint density at radius 3 is 2.36 bits per heavy atom. The molecule has 2 rings (SSSR count). The molecule has 1 aromatic rings. The van der Waals surface area contributed by atoms with E-state index < -0.39 is 0 Å². The second-order valence-electron chi connectivity index (χ2n) is 5.62. The van der Waals surface area contributed by atoms with Gasteiger partial charge in [-0.15, -0.1) is 0 Å². The number of carbonyl (C=O) groups excluding carboxylic acids is 1. The van der Waals surface area contributed by atoms with Crippen molar-refractivity contribution in [2.24, 2.45) is 0 Å². The first kappa shape index (κ1) is 16.4. The standard InChI is InChI=1S/C17H24N2O3/c1-13-12-18(2)7-8-19(13)17(20)6-5-14-9-15(21-3)11-16(10-14)22-4/h5-6,9-11,13H,7-8,12H2,1-4H3/b6-5+. The van der Waals surface area contributed by atoms with Crippen LogP contribution in [0.1, 0.15) is 12.5 Å². The summed E-state index contributed by atoms with van der Waals surface area (Å²) >= 11 is 0. The van der Waals surface area contributed by atoms with Crippen molar-refractivity contribution in [2.45, 2.75) is 13.0 Å². The van der Waals surface area contributed by atoms with Crippen LogP contribution in [0.15, 0.2) is 24.3 Å². The smallest absolute Gasteiger partial charge is 0.246 e. The number of hydrogen-bond acceptors (Lipinski definition) is 4. The molecular formula is C17H24N2O3. The summed E-state index contributed by atoms with van der Waals surface area (Å²) in [7, 11) is 5.30. The van der Waals surface area contributed by atoms with Gasteiger partial charge in [0.1, 0.15) is 11.5 Å². The molecule has 1 heterocycles. The van der Waals surface area contributed by atoms with Crippen LogP contribution in [-0.4, -0.2) is 62.7 Å². The Labute approximate surface area is 132 Å². The van der Waals surface area contributed by atoms with Gasteiger partial charge in [-0.05, 0) is 37.7 Å². The number of amides is 1. The minimum absolute atomic E-state index is 0.0439. The molecular weight excluding hydrogens is 280 g/mol. The van der Waals surface area contributed by atoms with E-state index in [0.717, 1.165) is 25.2 Å². The van der Waals surface area contributed by atoms with Gasteiger partial charge in [0, 0.05) is 37.8 Å². The zero-order valence-corrected chi connectivity index (χ0v) is 13.7. The van der Waals surface area contributed by atoms with Crippen molar-refractivity contribution >= 4 is 12.0 Å². The zero-order chi connectivity index (χ0) is 16.1. The number of ether oxygens (including phenoxy) is 2.